The molecule has 0 unspecified atom stereocenters. The van der Waals surface area contributed by atoms with Gasteiger partial charge in [0.15, 0.2) is 6.61 Å². The number of carbonyl (C=O) groups excluding carboxylic acids is 2. The average molecular weight is 378 g/mol. The molecule has 26 heavy (non-hydrogen) atoms. The zero-order valence-electron chi connectivity index (χ0n) is 14.3. The Morgan fingerprint density at radius 3 is 2.62 bits per heavy atom. The molecule has 1 heterocycles. The van der Waals surface area contributed by atoms with Crippen LogP contribution in [-0.2, 0) is 14.4 Å². The normalized spacial score (nSPS) is 18.6. The first kappa shape index (κ1) is 18.6. The number of ether oxygens (including phenoxy) is 1. The van der Waals surface area contributed by atoms with Crippen molar-refractivity contribution in [2.75, 3.05) is 23.4 Å². The molecule has 0 aromatic heterocycles. The molecular formula is C18H22N2O5S. The molecule has 0 atom stereocenters. The summed E-state index contributed by atoms with van der Waals surface area (Å²) < 4.78 is 5.47. The van der Waals surface area contributed by atoms with Crippen LogP contribution in [-0.4, -0.2) is 46.5 Å². The number of amides is 2. The van der Waals surface area contributed by atoms with Crippen molar-refractivity contribution in [2.24, 2.45) is 5.92 Å². The van der Waals surface area contributed by atoms with Gasteiger partial charge in [-0.1, -0.05) is 6.07 Å². The SMILES string of the molecule is O=C(COc1cccc(NC(=O)C2CC2)c1)NC1(C(=O)O)CCSCC1. The Hall–Kier alpha value is -2.22. The second kappa shape index (κ2) is 7.99. The van der Waals surface area contributed by atoms with Crippen LogP contribution in [0.4, 0.5) is 5.69 Å². The summed E-state index contributed by atoms with van der Waals surface area (Å²) in [5.74, 6) is 0.483. The van der Waals surface area contributed by atoms with Gasteiger partial charge in [0.05, 0.1) is 0 Å². The minimum absolute atomic E-state index is 0.00142. The zero-order valence-corrected chi connectivity index (χ0v) is 15.1. The highest BCUT2D eigenvalue weighted by Gasteiger charge is 2.41. The van der Waals surface area contributed by atoms with Crippen molar-refractivity contribution in [3.8, 4) is 5.75 Å². The number of carboxylic acid groups (broad SMARTS) is 1. The Labute approximate surface area is 155 Å². The van der Waals surface area contributed by atoms with Crippen LogP contribution in [0.1, 0.15) is 25.7 Å². The van der Waals surface area contributed by atoms with Gasteiger partial charge in [-0.2, -0.15) is 11.8 Å². The molecule has 1 aromatic rings. The first-order chi connectivity index (χ1) is 12.5. The van der Waals surface area contributed by atoms with E-state index in [1.165, 1.54) is 0 Å². The summed E-state index contributed by atoms with van der Waals surface area (Å²) in [7, 11) is 0. The maximum Gasteiger partial charge on any atom is 0.329 e. The van der Waals surface area contributed by atoms with Crippen LogP contribution in [0.15, 0.2) is 24.3 Å². The van der Waals surface area contributed by atoms with Crippen molar-refractivity contribution in [3.63, 3.8) is 0 Å². The van der Waals surface area contributed by atoms with Crippen LogP contribution in [0, 0.1) is 5.92 Å². The fourth-order valence-corrected chi connectivity index (χ4v) is 4.01. The van der Waals surface area contributed by atoms with E-state index < -0.39 is 17.4 Å². The molecule has 2 aliphatic rings. The maximum absolute atomic E-state index is 12.2. The third-order valence-electron chi connectivity index (χ3n) is 4.55. The first-order valence-corrected chi connectivity index (χ1v) is 9.80. The maximum atomic E-state index is 12.2. The van der Waals surface area contributed by atoms with Crippen molar-refractivity contribution in [1.82, 2.24) is 5.32 Å². The number of hydrogen-bond donors (Lipinski definition) is 3. The van der Waals surface area contributed by atoms with Crippen molar-refractivity contribution < 1.29 is 24.2 Å². The Bertz CT molecular complexity index is 699. The molecule has 1 aromatic carbocycles. The highest BCUT2D eigenvalue weighted by Crippen LogP contribution is 2.30. The van der Waals surface area contributed by atoms with Gasteiger partial charge < -0.3 is 20.5 Å². The summed E-state index contributed by atoms with van der Waals surface area (Å²) in [4.78, 5) is 35.6. The fraction of sp³-hybridized carbons (Fsp3) is 0.500. The summed E-state index contributed by atoms with van der Waals surface area (Å²) in [6.07, 6.45) is 2.65. The van der Waals surface area contributed by atoms with Gasteiger partial charge in [0.25, 0.3) is 5.91 Å². The van der Waals surface area contributed by atoms with Gasteiger partial charge in [0.2, 0.25) is 5.91 Å². The first-order valence-electron chi connectivity index (χ1n) is 8.64. The van der Waals surface area contributed by atoms with E-state index in [9.17, 15) is 19.5 Å². The summed E-state index contributed by atoms with van der Waals surface area (Å²) >= 11 is 1.68. The van der Waals surface area contributed by atoms with Crippen molar-refractivity contribution in [3.05, 3.63) is 24.3 Å². The second-order valence-corrected chi connectivity index (χ2v) is 7.85. The molecular weight excluding hydrogens is 356 g/mol. The largest absolute Gasteiger partial charge is 0.484 e. The van der Waals surface area contributed by atoms with Gasteiger partial charge in [0, 0.05) is 17.7 Å². The molecule has 2 amide bonds. The van der Waals surface area contributed by atoms with Crippen molar-refractivity contribution in [2.45, 2.75) is 31.2 Å². The van der Waals surface area contributed by atoms with Crippen LogP contribution < -0.4 is 15.4 Å². The van der Waals surface area contributed by atoms with E-state index in [-0.39, 0.29) is 18.4 Å². The quantitative estimate of drug-likeness (QED) is 0.669. The third-order valence-corrected chi connectivity index (χ3v) is 5.54. The van der Waals surface area contributed by atoms with E-state index in [0.717, 1.165) is 12.8 Å². The molecule has 1 aliphatic carbocycles. The predicted octanol–water partition coefficient (Wildman–Crippen LogP) is 1.88. The van der Waals surface area contributed by atoms with Crippen LogP contribution in [0.3, 0.4) is 0 Å². The molecule has 3 N–H and O–H groups in total. The zero-order chi connectivity index (χ0) is 18.6. The van der Waals surface area contributed by atoms with Gasteiger partial charge in [-0.25, -0.2) is 4.79 Å². The number of hydrogen-bond acceptors (Lipinski definition) is 5. The number of anilines is 1. The van der Waals surface area contributed by atoms with E-state index >= 15 is 0 Å². The molecule has 1 saturated heterocycles. The van der Waals surface area contributed by atoms with E-state index in [1.807, 2.05) is 0 Å². The number of carboxylic acids is 1. The monoisotopic (exact) mass is 378 g/mol. The number of nitrogens with one attached hydrogen (secondary N) is 2. The van der Waals surface area contributed by atoms with E-state index in [1.54, 1.807) is 36.0 Å². The van der Waals surface area contributed by atoms with E-state index in [0.29, 0.717) is 35.8 Å². The smallest absolute Gasteiger partial charge is 0.329 e. The average Bonchev–Trinajstić information content (AvgIpc) is 3.46. The van der Waals surface area contributed by atoms with Gasteiger partial charge in [-0.05, 0) is 49.3 Å². The molecule has 0 bridgehead atoms. The third kappa shape index (κ3) is 4.69. The van der Waals surface area contributed by atoms with Gasteiger partial charge >= 0.3 is 5.97 Å². The minimum Gasteiger partial charge on any atom is -0.484 e. The minimum atomic E-state index is -1.20. The van der Waals surface area contributed by atoms with Crippen LogP contribution >= 0.6 is 11.8 Å². The topological polar surface area (TPSA) is 105 Å². The molecule has 0 radical (unpaired) electrons. The van der Waals surface area contributed by atoms with E-state index in [2.05, 4.69) is 10.6 Å². The molecule has 1 saturated carbocycles. The molecule has 140 valence electrons. The van der Waals surface area contributed by atoms with Gasteiger partial charge in [0.1, 0.15) is 11.3 Å². The fourth-order valence-electron chi connectivity index (χ4n) is 2.82. The molecule has 2 fully saturated rings. The highest BCUT2D eigenvalue weighted by molar-refractivity contribution is 7.99. The van der Waals surface area contributed by atoms with Crippen LogP contribution in [0.2, 0.25) is 0 Å². The highest BCUT2D eigenvalue weighted by atomic mass is 32.2. The molecule has 1 aliphatic heterocycles. The lowest BCUT2D eigenvalue weighted by Gasteiger charge is -2.33. The lowest BCUT2D eigenvalue weighted by Crippen LogP contribution is -2.57. The molecule has 3 rings (SSSR count). The summed E-state index contributed by atoms with van der Waals surface area (Å²) in [6, 6.07) is 6.82. The van der Waals surface area contributed by atoms with Gasteiger partial charge in [-0.15, -0.1) is 0 Å². The Morgan fingerprint density at radius 2 is 1.96 bits per heavy atom. The predicted molar refractivity (Wildman–Crippen MR) is 98.4 cm³/mol. The summed E-state index contributed by atoms with van der Waals surface area (Å²) in [5, 5.41) is 14.9. The number of carbonyl (C=O) groups is 3. The van der Waals surface area contributed by atoms with Crippen molar-refractivity contribution >= 4 is 35.2 Å². The number of benzene rings is 1. The van der Waals surface area contributed by atoms with Crippen LogP contribution in [0.5, 0.6) is 5.75 Å². The molecule has 7 nitrogen and oxygen atoms in total. The van der Waals surface area contributed by atoms with E-state index in [4.69, 9.17) is 4.74 Å². The number of aliphatic carboxylic acids is 1. The summed E-state index contributed by atoms with van der Waals surface area (Å²) in [5.41, 5.74) is -0.586. The van der Waals surface area contributed by atoms with Gasteiger partial charge in [-0.3, -0.25) is 9.59 Å². The molecule has 0 spiro atoms. The lowest BCUT2D eigenvalue weighted by molar-refractivity contribution is -0.148. The Morgan fingerprint density at radius 1 is 1.23 bits per heavy atom. The second-order valence-electron chi connectivity index (χ2n) is 6.63. The Balaban J connectivity index is 1.53. The van der Waals surface area contributed by atoms with Crippen molar-refractivity contribution in [1.29, 1.82) is 0 Å². The molecule has 8 heteroatoms. The van der Waals surface area contributed by atoms with Crippen LogP contribution in [0.25, 0.3) is 0 Å². The summed E-state index contributed by atoms with van der Waals surface area (Å²) in [6.45, 7) is -0.276. The Kier molecular flexibility index (Phi) is 5.70. The number of thioether (sulfide) groups is 1. The lowest BCUT2D eigenvalue weighted by atomic mass is 9.92. The standard InChI is InChI=1S/C18H22N2O5S/c21-15(20-18(17(23)24)6-8-26-9-7-18)11-25-14-3-1-2-13(10-14)19-16(22)12-4-5-12/h1-3,10,12H,4-9,11H2,(H,19,22)(H,20,21)(H,23,24). The number of rotatable bonds is 7.